The highest BCUT2D eigenvalue weighted by molar-refractivity contribution is 5.42. The molecular formula is C12H18. The molecule has 0 amide bonds. The third-order valence-electron chi connectivity index (χ3n) is 3.35. The molecule has 2 aliphatic carbocycles. The SMILES string of the molecule is CC1=C2CCCC(C)=C2CCC1. The summed E-state index contributed by atoms with van der Waals surface area (Å²) in [4.78, 5) is 0. The van der Waals surface area contributed by atoms with E-state index in [0.29, 0.717) is 0 Å². The Bertz CT molecular complexity index is 225. The predicted octanol–water partition coefficient (Wildman–Crippen LogP) is 3.99. The van der Waals surface area contributed by atoms with Gasteiger partial charge in [0.15, 0.2) is 0 Å². The van der Waals surface area contributed by atoms with Crippen LogP contribution in [0.2, 0.25) is 0 Å². The first-order valence-corrected chi connectivity index (χ1v) is 5.16. The molecule has 0 saturated heterocycles. The van der Waals surface area contributed by atoms with Crippen LogP contribution in [0.15, 0.2) is 22.3 Å². The Labute approximate surface area is 75.4 Å². The van der Waals surface area contributed by atoms with Crippen LogP contribution in [-0.4, -0.2) is 0 Å². The molecule has 0 atom stereocenters. The molecular weight excluding hydrogens is 144 g/mol. The van der Waals surface area contributed by atoms with Gasteiger partial charge in [0.2, 0.25) is 0 Å². The van der Waals surface area contributed by atoms with Gasteiger partial charge in [-0.3, -0.25) is 0 Å². The summed E-state index contributed by atoms with van der Waals surface area (Å²) in [6.45, 7) is 4.65. The Morgan fingerprint density at radius 2 is 1.08 bits per heavy atom. The van der Waals surface area contributed by atoms with Gasteiger partial charge in [0.25, 0.3) is 0 Å². The highest BCUT2D eigenvalue weighted by atomic mass is 14.2. The van der Waals surface area contributed by atoms with Gasteiger partial charge in [-0.2, -0.15) is 0 Å². The van der Waals surface area contributed by atoms with Crippen LogP contribution in [-0.2, 0) is 0 Å². The third-order valence-corrected chi connectivity index (χ3v) is 3.35. The van der Waals surface area contributed by atoms with Crippen molar-refractivity contribution in [2.24, 2.45) is 0 Å². The lowest BCUT2D eigenvalue weighted by Gasteiger charge is -2.27. The molecule has 0 heteroatoms. The van der Waals surface area contributed by atoms with Gasteiger partial charge in [-0.1, -0.05) is 11.1 Å². The van der Waals surface area contributed by atoms with Gasteiger partial charge in [0.1, 0.15) is 0 Å². The van der Waals surface area contributed by atoms with Crippen molar-refractivity contribution in [3.63, 3.8) is 0 Å². The Kier molecular flexibility index (Phi) is 2.08. The van der Waals surface area contributed by atoms with E-state index in [4.69, 9.17) is 0 Å². The maximum absolute atomic E-state index is 2.33. The molecule has 0 aliphatic heterocycles. The summed E-state index contributed by atoms with van der Waals surface area (Å²) >= 11 is 0. The van der Waals surface area contributed by atoms with Crippen molar-refractivity contribution in [3.8, 4) is 0 Å². The Morgan fingerprint density at radius 3 is 1.50 bits per heavy atom. The minimum absolute atomic E-state index is 1.35. The quantitative estimate of drug-likeness (QED) is 0.505. The molecule has 0 bridgehead atoms. The van der Waals surface area contributed by atoms with Gasteiger partial charge in [0, 0.05) is 0 Å². The van der Waals surface area contributed by atoms with E-state index in [-0.39, 0.29) is 0 Å². The summed E-state index contributed by atoms with van der Waals surface area (Å²) in [5.41, 5.74) is 6.81. The van der Waals surface area contributed by atoms with Crippen LogP contribution in [0.25, 0.3) is 0 Å². The minimum atomic E-state index is 1.35. The lowest BCUT2D eigenvalue weighted by molar-refractivity contribution is 0.669. The smallest absolute Gasteiger partial charge is 0.0274 e. The molecule has 0 spiro atoms. The van der Waals surface area contributed by atoms with Crippen molar-refractivity contribution in [3.05, 3.63) is 22.3 Å². The van der Waals surface area contributed by atoms with Crippen LogP contribution >= 0.6 is 0 Å². The zero-order valence-electron chi connectivity index (χ0n) is 8.24. The summed E-state index contributed by atoms with van der Waals surface area (Å²) < 4.78 is 0. The highest BCUT2D eigenvalue weighted by Gasteiger charge is 2.19. The molecule has 12 heavy (non-hydrogen) atoms. The van der Waals surface area contributed by atoms with Crippen LogP contribution in [0, 0.1) is 0 Å². The first-order chi connectivity index (χ1) is 5.79. The van der Waals surface area contributed by atoms with Gasteiger partial charge in [-0.15, -0.1) is 0 Å². The number of hydrogen-bond donors (Lipinski definition) is 0. The van der Waals surface area contributed by atoms with Crippen LogP contribution in [0.1, 0.15) is 52.4 Å². The second-order valence-corrected chi connectivity index (χ2v) is 4.22. The second kappa shape index (κ2) is 3.08. The standard InChI is InChI=1S/C12H18/c1-9-5-3-8-12-10(2)6-4-7-11(9)12/h3-8H2,1-2H3. The van der Waals surface area contributed by atoms with E-state index < -0.39 is 0 Å². The van der Waals surface area contributed by atoms with Crippen LogP contribution in [0.3, 0.4) is 0 Å². The fourth-order valence-corrected chi connectivity index (χ4v) is 2.61. The maximum Gasteiger partial charge on any atom is -0.0274 e. The highest BCUT2D eigenvalue weighted by Crippen LogP contribution is 2.38. The predicted molar refractivity (Wildman–Crippen MR) is 53.1 cm³/mol. The molecule has 66 valence electrons. The van der Waals surface area contributed by atoms with Crippen molar-refractivity contribution in [2.45, 2.75) is 52.4 Å². The van der Waals surface area contributed by atoms with Gasteiger partial charge in [-0.25, -0.2) is 0 Å². The zero-order valence-corrected chi connectivity index (χ0v) is 8.24. The fourth-order valence-electron chi connectivity index (χ4n) is 2.61. The van der Waals surface area contributed by atoms with Crippen molar-refractivity contribution < 1.29 is 0 Å². The molecule has 0 unspecified atom stereocenters. The molecule has 0 radical (unpaired) electrons. The van der Waals surface area contributed by atoms with E-state index in [1.165, 1.54) is 38.5 Å². The van der Waals surface area contributed by atoms with Crippen LogP contribution in [0.5, 0.6) is 0 Å². The summed E-state index contributed by atoms with van der Waals surface area (Å²) in [5, 5.41) is 0. The van der Waals surface area contributed by atoms with E-state index in [0.717, 1.165) is 0 Å². The van der Waals surface area contributed by atoms with Crippen molar-refractivity contribution >= 4 is 0 Å². The molecule has 0 heterocycles. The molecule has 0 fully saturated rings. The summed E-state index contributed by atoms with van der Waals surface area (Å²) in [6, 6.07) is 0. The molecule has 0 aromatic carbocycles. The summed E-state index contributed by atoms with van der Waals surface area (Å²) in [6.07, 6.45) is 8.21. The second-order valence-electron chi connectivity index (χ2n) is 4.22. The lowest BCUT2D eigenvalue weighted by atomic mass is 9.79. The molecule has 2 rings (SSSR count). The van der Waals surface area contributed by atoms with Gasteiger partial charge < -0.3 is 0 Å². The minimum Gasteiger partial charge on any atom is -0.0698 e. The average molecular weight is 162 g/mol. The number of fused-ring (bicyclic) bond motifs is 1. The Hall–Kier alpha value is -0.520. The molecule has 0 aromatic rings. The van der Waals surface area contributed by atoms with E-state index in [2.05, 4.69) is 13.8 Å². The van der Waals surface area contributed by atoms with Gasteiger partial charge >= 0.3 is 0 Å². The first kappa shape index (κ1) is 8.10. The first-order valence-electron chi connectivity index (χ1n) is 5.16. The number of hydrogen-bond acceptors (Lipinski definition) is 0. The summed E-state index contributed by atoms with van der Waals surface area (Å²) in [5.74, 6) is 0. The molecule has 0 aromatic heterocycles. The normalized spacial score (nSPS) is 24.5. The molecule has 0 N–H and O–H groups in total. The summed E-state index contributed by atoms with van der Waals surface area (Å²) in [7, 11) is 0. The largest absolute Gasteiger partial charge is 0.0698 e. The van der Waals surface area contributed by atoms with Crippen LogP contribution in [0.4, 0.5) is 0 Å². The molecule has 0 saturated carbocycles. The van der Waals surface area contributed by atoms with E-state index in [1.807, 2.05) is 0 Å². The average Bonchev–Trinajstić information content (AvgIpc) is 2.07. The molecule has 2 aliphatic rings. The maximum atomic E-state index is 2.33. The van der Waals surface area contributed by atoms with Gasteiger partial charge in [-0.05, 0) is 63.5 Å². The molecule has 0 nitrogen and oxygen atoms in total. The zero-order chi connectivity index (χ0) is 8.55. The number of allylic oxidation sites excluding steroid dienone is 4. The monoisotopic (exact) mass is 162 g/mol. The number of rotatable bonds is 0. The lowest BCUT2D eigenvalue weighted by Crippen LogP contribution is -2.08. The van der Waals surface area contributed by atoms with Crippen molar-refractivity contribution in [1.82, 2.24) is 0 Å². The van der Waals surface area contributed by atoms with Crippen molar-refractivity contribution in [1.29, 1.82) is 0 Å². The van der Waals surface area contributed by atoms with E-state index >= 15 is 0 Å². The third kappa shape index (κ3) is 1.24. The van der Waals surface area contributed by atoms with Gasteiger partial charge in [0.05, 0.1) is 0 Å². The fraction of sp³-hybridized carbons (Fsp3) is 0.667. The van der Waals surface area contributed by atoms with Crippen LogP contribution < -0.4 is 0 Å². The topological polar surface area (TPSA) is 0 Å². The van der Waals surface area contributed by atoms with E-state index in [9.17, 15) is 0 Å². The Balaban J connectivity index is 2.43. The Morgan fingerprint density at radius 1 is 0.667 bits per heavy atom. The van der Waals surface area contributed by atoms with Crippen molar-refractivity contribution in [2.75, 3.05) is 0 Å². The van der Waals surface area contributed by atoms with E-state index in [1.54, 1.807) is 22.3 Å².